The van der Waals surface area contributed by atoms with Gasteiger partial charge in [-0.1, -0.05) is 206 Å². The Labute approximate surface area is 382 Å². The molecule has 13 rings (SSSR count). The molecule has 0 aliphatic carbocycles. The number of benzene rings is 12. The molecule has 0 spiro atoms. The van der Waals surface area contributed by atoms with Crippen LogP contribution in [0.3, 0.4) is 0 Å². The molecule has 0 saturated carbocycles. The molecular weight excluding hydrogens is 799 g/mol. The Bertz CT molecular complexity index is 3950. The maximum absolute atomic E-state index is 7.00. The van der Waals surface area contributed by atoms with Crippen LogP contribution in [-0.2, 0) is 0 Å². The molecule has 66 heavy (non-hydrogen) atoms. The van der Waals surface area contributed by atoms with Crippen LogP contribution in [0.1, 0.15) is 0 Å². The van der Waals surface area contributed by atoms with Gasteiger partial charge >= 0.3 is 0 Å². The van der Waals surface area contributed by atoms with Crippen LogP contribution in [0.2, 0.25) is 0 Å². The van der Waals surface area contributed by atoms with Crippen LogP contribution in [0, 0.1) is 0 Å². The Morgan fingerprint density at radius 1 is 0.273 bits per heavy atom. The number of hydrogen-bond acceptors (Lipinski definition) is 2. The summed E-state index contributed by atoms with van der Waals surface area (Å²) in [6, 6.07) is 90.2. The van der Waals surface area contributed by atoms with Crippen LogP contribution in [0.4, 0.5) is 17.1 Å². The van der Waals surface area contributed by atoms with Gasteiger partial charge in [-0.25, -0.2) is 0 Å². The molecule has 0 amide bonds. The first-order valence-corrected chi connectivity index (χ1v) is 22.7. The van der Waals surface area contributed by atoms with Crippen LogP contribution in [0.5, 0.6) is 0 Å². The predicted molar refractivity (Wildman–Crippen MR) is 280 cm³/mol. The molecule has 0 fully saturated rings. The van der Waals surface area contributed by atoms with E-state index in [0.29, 0.717) is 0 Å². The average molecular weight is 840 g/mol. The third kappa shape index (κ3) is 6.18. The lowest BCUT2D eigenvalue weighted by Crippen LogP contribution is -2.12. The monoisotopic (exact) mass is 839 g/mol. The molecule has 0 bridgehead atoms. The largest absolute Gasteiger partial charge is 0.455 e. The SMILES string of the molecule is c1ccc(-c2ccc(-c3cccc(N(c4ccccc4-c4ccc5c6ccccc6c6ccccc6c5c4)c4ccc(-c5cccc6ccccc56)c5oc6ccccc6c45)c3)cc2)cc1. The molecular formula is C64H41NO. The molecule has 0 unspecified atom stereocenters. The molecule has 12 aromatic carbocycles. The van der Waals surface area contributed by atoms with Crippen LogP contribution in [-0.4, -0.2) is 0 Å². The van der Waals surface area contributed by atoms with Crippen molar-refractivity contribution in [2.45, 2.75) is 0 Å². The van der Waals surface area contributed by atoms with E-state index in [0.717, 1.165) is 72.4 Å². The number of rotatable bonds is 7. The van der Waals surface area contributed by atoms with Gasteiger partial charge in [0.15, 0.2) is 0 Å². The van der Waals surface area contributed by atoms with E-state index in [9.17, 15) is 0 Å². The van der Waals surface area contributed by atoms with Gasteiger partial charge in [0.25, 0.3) is 0 Å². The maximum atomic E-state index is 7.00. The molecule has 0 saturated heterocycles. The molecule has 2 heteroatoms. The highest BCUT2D eigenvalue weighted by molar-refractivity contribution is 6.26. The molecule has 0 atom stereocenters. The van der Waals surface area contributed by atoms with Crippen LogP contribution < -0.4 is 4.90 Å². The summed E-state index contributed by atoms with van der Waals surface area (Å²) in [6.45, 7) is 0. The van der Waals surface area contributed by atoms with Crippen molar-refractivity contribution < 1.29 is 4.42 Å². The average Bonchev–Trinajstić information content (AvgIpc) is 3.79. The van der Waals surface area contributed by atoms with E-state index in [4.69, 9.17) is 4.42 Å². The topological polar surface area (TPSA) is 16.4 Å². The van der Waals surface area contributed by atoms with Crippen molar-refractivity contribution in [3.8, 4) is 44.5 Å². The molecule has 1 aromatic heterocycles. The van der Waals surface area contributed by atoms with Crippen molar-refractivity contribution in [3.05, 3.63) is 249 Å². The zero-order chi connectivity index (χ0) is 43.6. The zero-order valence-corrected chi connectivity index (χ0v) is 36.0. The van der Waals surface area contributed by atoms with Gasteiger partial charge in [-0.05, 0) is 119 Å². The van der Waals surface area contributed by atoms with Gasteiger partial charge in [-0.2, -0.15) is 0 Å². The number of nitrogens with zero attached hydrogens (tertiary/aromatic N) is 1. The number of furan rings is 1. The Balaban J connectivity index is 1.06. The molecule has 1 heterocycles. The summed E-state index contributed by atoms with van der Waals surface area (Å²) in [4.78, 5) is 2.46. The van der Waals surface area contributed by atoms with Crippen molar-refractivity contribution >= 4 is 82.1 Å². The van der Waals surface area contributed by atoms with E-state index < -0.39 is 0 Å². The fourth-order valence-corrected chi connectivity index (χ4v) is 10.4. The van der Waals surface area contributed by atoms with E-state index >= 15 is 0 Å². The second-order valence-electron chi connectivity index (χ2n) is 17.2. The van der Waals surface area contributed by atoms with Crippen molar-refractivity contribution in [1.29, 1.82) is 0 Å². The third-order valence-electron chi connectivity index (χ3n) is 13.5. The van der Waals surface area contributed by atoms with Gasteiger partial charge in [-0.15, -0.1) is 0 Å². The second kappa shape index (κ2) is 15.5. The number of para-hydroxylation sites is 2. The lowest BCUT2D eigenvalue weighted by atomic mass is 9.91. The van der Waals surface area contributed by atoms with Crippen molar-refractivity contribution in [2.24, 2.45) is 0 Å². The Hall–Kier alpha value is -8.72. The van der Waals surface area contributed by atoms with Crippen molar-refractivity contribution in [3.63, 3.8) is 0 Å². The van der Waals surface area contributed by atoms with Gasteiger partial charge in [0.2, 0.25) is 0 Å². The highest BCUT2D eigenvalue weighted by atomic mass is 16.3. The number of anilines is 3. The van der Waals surface area contributed by atoms with Crippen molar-refractivity contribution in [2.75, 3.05) is 4.90 Å². The van der Waals surface area contributed by atoms with E-state index in [2.05, 4.69) is 254 Å². The summed E-state index contributed by atoms with van der Waals surface area (Å²) in [5.74, 6) is 0. The van der Waals surface area contributed by atoms with Gasteiger partial charge in [-0.3, -0.25) is 0 Å². The fraction of sp³-hybridized carbons (Fsp3) is 0. The summed E-state index contributed by atoms with van der Waals surface area (Å²) < 4.78 is 7.00. The van der Waals surface area contributed by atoms with Gasteiger partial charge < -0.3 is 9.32 Å². The molecule has 0 aliphatic rings. The predicted octanol–water partition coefficient (Wildman–Crippen LogP) is 18.3. The smallest absolute Gasteiger partial charge is 0.145 e. The summed E-state index contributed by atoms with van der Waals surface area (Å²) >= 11 is 0. The second-order valence-corrected chi connectivity index (χ2v) is 17.2. The number of hydrogen-bond donors (Lipinski definition) is 0. The standard InChI is InChI=1S/C64H41NO/c1-2-16-42(17-3-1)43-32-34-44(35-33-43)46-20-14-21-48(40-46)65(61-39-38-57(51-29-15-19-45-18-4-5-22-49(45)51)64-63(61)58-28-11-13-31-62(58)66-64)60-30-12-10-23-50(60)47-36-37-56-54-26-7-6-24-52(54)53-25-8-9-27-55(53)59(56)41-47/h1-41H. The minimum Gasteiger partial charge on any atom is -0.455 e. The van der Waals surface area contributed by atoms with Crippen LogP contribution >= 0.6 is 0 Å². The minimum absolute atomic E-state index is 0.857. The van der Waals surface area contributed by atoms with Crippen LogP contribution in [0.15, 0.2) is 253 Å². The van der Waals surface area contributed by atoms with Gasteiger partial charge in [0.05, 0.1) is 16.8 Å². The summed E-state index contributed by atoms with van der Waals surface area (Å²) in [6.07, 6.45) is 0. The maximum Gasteiger partial charge on any atom is 0.145 e. The fourth-order valence-electron chi connectivity index (χ4n) is 10.4. The third-order valence-corrected chi connectivity index (χ3v) is 13.5. The van der Waals surface area contributed by atoms with Gasteiger partial charge in [0, 0.05) is 22.2 Å². The lowest BCUT2D eigenvalue weighted by molar-refractivity contribution is 0.670. The summed E-state index contributed by atoms with van der Waals surface area (Å²) in [7, 11) is 0. The van der Waals surface area contributed by atoms with E-state index in [1.54, 1.807) is 0 Å². The summed E-state index contributed by atoms with van der Waals surface area (Å²) in [5.41, 5.74) is 14.1. The first-order chi connectivity index (χ1) is 32.7. The summed E-state index contributed by atoms with van der Waals surface area (Å²) in [5, 5.41) is 12.1. The minimum atomic E-state index is 0.857. The zero-order valence-electron chi connectivity index (χ0n) is 36.0. The molecule has 308 valence electrons. The first kappa shape index (κ1) is 37.8. The molecule has 0 N–H and O–H groups in total. The molecule has 0 radical (unpaired) electrons. The lowest BCUT2D eigenvalue weighted by Gasteiger charge is -2.29. The van der Waals surface area contributed by atoms with E-state index in [-0.39, 0.29) is 0 Å². The normalized spacial score (nSPS) is 11.6. The highest BCUT2D eigenvalue weighted by Gasteiger charge is 2.25. The first-order valence-electron chi connectivity index (χ1n) is 22.7. The Kier molecular flexibility index (Phi) is 8.89. The van der Waals surface area contributed by atoms with E-state index in [1.165, 1.54) is 54.2 Å². The highest BCUT2D eigenvalue weighted by Crippen LogP contribution is 2.50. The van der Waals surface area contributed by atoms with E-state index in [1.807, 2.05) is 0 Å². The Morgan fingerprint density at radius 2 is 0.803 bits per heavy atom. The van der Waals surface area contributed by atoms with Crippen molar-refractivity contribution in [1.82, 2.24) is 0 Å². The molecule has 0 aliphatic heterocycles. The molecule has 2 nitrogen and oxygen atoms in total. The van der Waals surface area contributed by atoms with Crippen LogP contribution in [0.25, 0.3) is 110 Å². The molecule has 13 aromatic rings. The number of fused-ring (bicyclic) bond motifs is 10. The quantitative estimate of drug-likeness (QED) is 0.149. The van der Waals surface area contributed by atoms with Gasteiger partial charge in [0.1, 0.15) is 11.2 Å². The Morgan fingerprint density at radius 3 is 1.58 bits per heavy atom.